The molecule has 1 aromatic heterocycles. The molecule has 102 valence electrons. The highest BCUT2D eigenvalue weighted by molar-refractivity contribution is 7.89. The zero-order chi connectivity index (χ0) is 13.3. The van der Waals surface area contributed by atoms with Crippen LogP contribution in [0.1, 0.15) is 26.0 Å². The molecule has 1 aromatic rings. The second-order valence-corrected chi connectivity index (χ2v) is 7.27. The second-order valence-electron chi connectivity index (χ2n) is 5.33. The van der Waals surface area contributed by atoms with E-state index in [1.54, 1.807) is 10.4 Å². The summed E-state index contributed by atoms with van der Waals surface area (Å²) in [6, 6.07) is 1.62. The van der Waals surface area contributed by atoms with Gasteiger partial charge in [-0.2, -0.15) is 4.31 Å². The maximum Gasteiger partial charge on any atom is 0.244 e. The van der Waals surface area contributed by atoms with Crippen LogP contribution < -0.4 is 5.73 Å². The van der Waals surface area contributed by atoms with E-state index in [9.17, 15) is 8.42 Å². The lowest BCUT2D eigenvalue weighted by molar-refractivity contribution is 0.222. The normalized spacial score (nSPS) is 26.4. The molecule has 3 N–H and O–H groups in total. The molecular weight excluding hydrogens is 250 g/mol. The number of aromatic amines is 1. The van der Waals surface area contributed by atoms with Crippen LogP contribution in [0.5, 0.6) is 0 Å². The van der Waals surface area contributed by atoms with Gasteiger partial charge in [0.25, 0.3) is 0 Å². The van der Waals surface area contributed by atoms with E-state index in [0.29, 0.717) is 36.4 Å². The summed E-state index contributed by atoms with van der Waals surface area (Å²) in [6.07, 6.45) is 2.62. The van der Waals surface area contributed by atoms with Crippen LogP contribution >= 0.6 is 0 Å². The van der Waals surface area contributed by atoms with Crippen LogP contribution in [-0.4, -0.2) is 30.8 Å². The first-order valence-corrected chi connectivity index (χ1v) is 7.75. The number of sulfonamides is 1. The zero-order valence-corrected chi connectivity index (χ0v) is 11.7. The second kappa shape index (κ2) is 5.03. The molecule has 1 aliphatic heterocycles. The molecule has 6 heteroatoms. The summed E-state index contributed by atoms with van der Waals surface area (Å²) in [6.45, 7) is 5.73. The molecule has 5 nitrogen and oxygen atoms in total. The molecule has 2 heterocycles. The predicted molar refractivity (Wildman–Crippen MR) is 70.4 cm³/mol. The lowest BCUT2D eigenvalue weighted by Gasteiger charge is -2.33. The van der Waals surface area contributed by atoms with E-state index in [1.165, 1.54) is 6.20 Å². The van der Waals surface area contributed by atoms with Gasteiger partial charge in [-0.05, 0) is 24.3 Å². The number of hydrogen-bond acceptors (Lipinski definition) is 3. The van der Waals surface area contributed by atoms with Gasteiger partial charge in [0.2, 0.25) is 10.0 Å². The average molecular weight is 271 g/mol. The van der Waals surface area contributed by atoms with Crippen LogP contribution in [0.2, 0.25) is 0 Å². The topological polar surface area (TPSA) is 79.2 Å². The molecular formula is C12H21N3O2S. The Hall–Kier alpha value is -0.850. The van der Waals surface area contributed by atoms with E-state index >= 15 is 0 Å². The Labute approximate surface area is 108 Å². The van der Waals surface area contributed by atoms with Crippen molar-refractivity contribution in [3.05, 3.63) is 18.0 Å². The third-order valence-electron chi connectivity index (χ3n) is 3.41. The van der Waals surface area contributed by atoms with Gasteiger partial charge in [0, 0.05) is 31.5 Å². The standard InChI is InChI=1S/C12H21N3O2S/c1-9-3-10(2)8-15(7-9)18(16,17)12-4-11(5-13)14-6-12/h4,6,9-10,14H,3,5,7-8,13H2,1-2H3. The number of aromatic nitrogens is 1. The Kier molecular flexibility index (Phi) is 3.79. The minimum Gasteiger partial charge on any atom is -0.363 e. The molecule has 0 saturated carbocycles. The van der Waals surface area contributed by atoms with Crippen molar-refractivity contribution in [2.75, 3.05) is 13.1 Å². The van der Waals surface area contributed by atoms with Gasteiger partial charge in [-0.15, -0.1) is 0 Å². The minimum absolute atomic E-state index is 0.322. The fourth-order valence-corrected chi connectivity index (χ4v) is 4.34. The molecule has 0 radical (unpaired) electrons. The van der Waals surface area contributed by atoms with E-state index in [2.05, 4.69) is 18.8 Å². The zero-order valence-electron chi connectivity index (χ0n) is 10.9. The Bertz CT molecular complexity index is 499. The lowest BCUT2D eigenvalue weighted by Crippen LogP contribution is -2.42. The molecule has 0 aromatic carbocycles. The molecule has 0 spiro atoms. The highest BCUT2D eigenvalue weighted by Gasteiger charge is 2.32. The largest absolute Gasteiger partial charge is 0.363 e. The smallest absolute Gasteiger partial charge is 0.244 e. The number of piperidine rings is 1. The van der Waals surface area contributed by atoms with Crippen molar-refractivity contribution >= 4 is 10.0 Å². The van der Waals surface area contributed by atoms with Gasteiger partial charge in [-0.1, -0.05) is 13.8 Å². The molecule has 2 atom stereocenters. The summed E-state index contributed by atoms with van der Waals surface area (Å²) in [4.78, 5) is 3.22. The number of nitrogens with zero attached hydrogens (tertiary/aromatic N) is 1. The first-order chi connectivity index (χ1) is 8.43. The maximum absolute atomic E-state index is 12.5. The van der Waals surface area contributed by atoms with Crippen molar-refractivity contribution in [2.24, 2.45) is 17.6 Å². The Morgan fingerprint density at radius 3 is 2.50 bits per heavy atom. The van der Waals surface area contributed by atoms with Gasteiger partial charge >= 0.3 is 0 Å². The molecule has 1 saturated heterocycles. The fourth-order valence-electron chi connectivity index (χ4n) is 2.64. The summed E-state index contributed by atoms with van der Waals surface area (Å²) in [5.41, 5.74) is 6.23. The van der Waals surface area contributed by atoms with Crippen molar-refractivity contribution in [3.63, 3.8) is 0 Å². The molecule has 18 heavy (non-hydrogen) atoms. The number of hydrogen-bond donors (Lipinski definition) is 2. The lowest BCUT2D eigenvalue weighted by atomic mass is 9.94. The molecule has 1 aliphatic rings. The summed E-state index contributed by atoms with van der Waals surface area (Å²) in [5, 5.41) is 0. The molecule has 2 rings (SSSR count). The molecule has 0 aliphatic carbocycles. The van der Waals surface area contributed by atoms with E-state index < -0.39 is 10.0 Å². The number of rotatable bonds is 3. The number of H-pyrrole nitrogens is 1. The Morgan fingerprint density at radius 1 is 1.39 bits per heavy atom. The quantitative estimate of drug-likeness (QED) is 0.865. The Morgan fingerprint density at radius 2 is 2.00 bits per heavy atom. The van der Waals surface area contributed by atoms with Gasteiger partial charge in [0.1, 0.15) is 0 Å². The molecule has 0 bridgehead atoms. The monoisotopic (exact) mass is 271 g/mol. The van der Waals surface area contributed by atoms with Crippen molar-refractivity contribution in [1.29, 1.82) is 0 Å². The molecule has 2 unspecified atom stereocenters. The maximum atomic E-state index is 12.5. The van der Waals surface area contributed by atoms with E-state index in [-0.39, 0.29) is 0 Å². The third kappa shape index (κ3) is 2.60. The van der Waals surface area contributed by atoms with Crippen LogP contribution in [0.4, 0.5) is 0 Å². The van der Waals surface area contributed by atoms with Crippen LogP contribution in [0.3, 0.4) is 0 Å². The van der Waals surface area contributed by atoms with Gasteiger partial charge in [0.15, 0.2) is 0 Å². The number of nitrogens with two attached hydrogens (primary N) is 1. The van der Waals surface area contributed by atoms with Crippen molar-refractivity contribution in [2.45, 2.75) is 31.7 Å². The summed E-state index contributed by atoms with van der Waals surface area (Å²) >= 11 is 0. The first-order valence-electron chi connectivity index (χ1n) is 6.31. The van der Waals surface area contributed by atoms with Crippen molar-refractivity contribution < 1.29 is 8.42 Å². The third-order valence-corrected chi connectivity index (χ3v) is 5.22. The van der Waals surface area contributed by atoms with Gasteiger partial charge in [-0.25, -0.2) is 8.42 Å². The molecule has 0 amide bonds. The molecule has 1 fully saturated rings. The highest BCUT2D eigenvalue weighted by atomic mass is 32.2. The van der Waals surface area contributed by atoms with Crippen LogP contribution in [-0.2, 0) is 16.6 Å². The predicted octanol–water partition coefficient (Wildman–Crippen LogP) is 1.14. The van der Waals surface area contributed by atoms with Crippen LogP contribution in [0.15, 0.2) is 17.2 Å². The SMILES string of the molecule is CC1CC(C)CN(S(=O)(=O)c2c[nH]c(CN)c2)C1. The van der Waals surface area contributed by atoms with E-state index in [4.69, 9.17) is 5.73 Å². The summed E-state index contributed by atoms with van der Waals surface area (Å²) in [7, 11) is -3.37. The Balaban J connectivity index is 2.25. The van der Waals surface area contributed by atoms with Crippen LogP contribution in [0.25, 0.3) is 0 Å². The number of nitrogens with one attached hydrogen (secondary N) is 1. The van der Waals surface area contributed by atoms with Gasteiger partial charge in [-0.3, -0.25) is 0 Å². The van der Waals surface area contributed by atoms with Crippen molar-refractivity contribution in [1.82, 2.24) is 9.29 Å². The fraction of sp³-hybridized carbons (Fsp3) is 0.667. The van der Waals surface area contributed by atoms with E-state index in [1.807, 2.05) is 0 Å². The first kappa shape index (κ1) is 13.6. The minimum atomic E-state index is -3.37. The van der Waals surface area contributed by atoms with Gasteiger partial charge in [0.05, 0.1) is 4.90 Å². The highest BCUT2D eigenvalue weighted by Crippen LogP contribution is 2.26. The summed E-state index contributed by atoms with van der Waals surface area (Å²) < 4.78 is 26.5. The van der Waals surface area contributed by atoms with E-state index in [0.717, 1.165) is 12.1 Å². The van der Waals surface area contributed by atoms with Crippen molar-refractivity contribution in [3.8, 4) is 0 Å². The summed E-state index contributed by atoms with van der Waals surface area (Å²) in [5.74, 6) is 0.827. The van der Waals surface area contributed by atoms with Gasteiger partial charge < -0.3 is 10.7 Å². The van der Waals surface area contributed by atoms with Crippen LogP contribution in [0, 0.1) is 11.8 Å². The average Bonchev–Trinajstić information content (AvgIpc) is 2.76.